The zero-order valence-electron chi connectivity index (χ0n) is 12.9. The van der Waals surface area contributed by atoms with Crippen LogP contribution in [0, 0.1) is 11.3 Å². The van der Waals surface area contributed by atoms with Gasteiger partial charge in [0.25, 0.3) is 0 Å². The van der Waals surface area contributed by atoms with Gasteiger partial charge in [-0.2, -0.15) is 0 Å². The fourth-order valence-electron chi connectivity index (χ4n) is 2.73. The molecule has 0 amide bonds. The van der Waals surface area contributed by atoms with Gasteiger partial charge in [0.2, 0.25) is 0 Å². The minimum Gasteiger partial charge on any atom is -0.372 e. The van der Waals surface area contributed by atoms with E-state index in [1.54, 1.807) is 0 Å². The molecule has 0 spiro atoms. The normalized spacial score (nSPS) is 20.3. The van der Waals surface area contributed by atoms with Crippen LogP contribution in [0.1, 0.15) is 39.7 Å². The summed E-state index contributed by atoms with van der Waals surface area (Å²) >= 11 is 0. The molecule has 1 fully saturated rings. The highest BCUT2D eigenvalue weighted by Crippen LogP contribution is 2.50. The lowest BCUT2D eigenvalue weighted by Gasteiger charge is -2.21. The molecule has 0 aliphatic heterocycles. The van der Waals surface area contributed by atoms with Crippen molar-refractivity contribution in [1.82, 2.24) is 5.32 Å². The van der Waals surface area contributed by atoms with Gasteiger partial charge in [-0.3, -0.25) is 0 Å². The number of rotatable bonds is 7. The highest BCUT2D eigenvalue weighted by atomic mass is 15.1. The molecule has 106 valence electrons. The van der Waals surface area contributed by atoms with Gasteiger partial charge in [-0.15, -0.1) is 0 Å². The summed E-state index contributed by atoms with van der Waals surface area (Å²) in [6.45, 7) is 13.4. The Morgan fingerprint density at radius 2 is 1.74 bits per heavy atom. The monoisotopic (exact) mass is 260 g/mol. The Balaban J connectivity index is 1.78. The molecule has 0 heterocycles. The molecule has 0 saturated heterocycles. The Morgan fingerprint density at radius 3 is 2.21 bits per heavy atom. The van der Waals surface area contributed by atoms with Crippen molar-refractivity contribution < 1.29 is 0 Å². The smallest absolute Gasteiger partial charge is 0.0366 e. The average molecular weight is 260 g/mol. The molecule has 2 nitrogen and oxygen atoms in total. The molecule has 1 aromatic carbocycles. The summed E-state index contributed by atoms with van der Waals surface area (Å²) in [4.78, 5) is 2.38. The van der Waals surface area contributed by atoms with Gasteiger partial charge in [0.05, 0.1) is 0 Å². The summed E-state index contributed by atoms with van der Waals surface area (Å²) < 4.78 is 0. The van der Waals surface area contributed by atoms with Crippen LogP contribution in [-0.2, 0) is 6.54 Å². The first-order valence-electron chi connectivity index (χ1n) is 7.61. The molecular formula is C17H28N2. The molecule has 2 rings (SSSR count). The fourth-order valence-corrected chi connectivity index (χ4v) is 2.73. The third-order valence-corrected chi connectivity index (χ3v) is 4.50. The maximum absolute atomic E-state index is 3.58. The molecule has 1 N–H and O–H groups in total. The lowest BCUT2D eigenvalue weighted by atomic mass is 10.1. The van der Waals surface area contributed by atoms with Crippen LogP contribution >= 0.6 is 0 Å². The van der Waals surface area contributed by atoms with Crippen LogP contribution in [0.15, 0.2) is 24.3 Å². The molecule has 1 aliphatic rings. The molecule has 1 aromatic rings. The Bertz CT molecular complexity index is 390. The Labute approximate surface area is 118 Å². The number of nitrogens with zero attached hydrogens (tertiary/aromatic N) is 1. The topological polar surface area (TPSA) is 15.3 Å². The number of hydrogen-bond acceptors (Lipinski definition) is 2. The predicted octanol–water partition coefficient (Wildman–Crippen LogP) is 3.67. The van der Waals surface area contributed by atoms with E-state index in [0.717, 1.165) is 32.1 Å². The van der Waals surface area contributed by atoms with Crippen molar-refractivity contribution in [1.29, 1.82) is 0 Å². The molecule has 1 saturated carbocycles. The SMILES string of the molecule is CCN(CC)c1ccc(CNCC2CC2(C)C)cc1. The molecule has 1 unspecified atom stereocenters. The lowest BCUT2D eigenvalue weighted by molar-refractivity contribution is 0.519. The third-order valence-electron chi connectivity index (χ3n) is 4.50. The van der Waals surface area contributed by atoms with Gasteiger partial charge in [0.1, 0.15) is 0 Å². The van der Waals surface area contributed by atoms with E-state index in [1.165, 1.54) is 17.7 Å². The minimum atomic E-state index is 0.583. The van der Waals surface area contributed by atoms with Gasteiger partial charge in [-0.1, -0.05) is 26.0 Å². The Morgan fingerprint density at radius 1 is 1.16 bits per heavy atom. The minimum absolute atomic E-state index is 0.583. The number of anilines is 1. The second-order valence-electron chi connectivity index (χ2n) is 6.36. The van der Waals surface area contributed by atoms with Crippen LogP contribution < -0.4 is 10.2 Å². The van der Waals surface area contributed by atoms with Crippen LogP contribution in [0.4, 0.5) is 5.69 Å². The molecular weight excluding hydrogens is 232 g/mol. The maximum atomic E-state index is 3.58. The summed E-state index contributed by atoms with van der Waals surface area (Å²) in [5.74, 6) is 0.877. The van der Waals surface area contributed by atoms with Gasteiger partial charge < -0.3 is 10.2 Å². The highest BCUT2D eigenvalue weighted by molar-refractivity contribution is 5.47. The van der Waals surface area contributed by atoms with E-state index in [0.29, 0.717) is 5.41 Å². The summed E-state index contributed by atoms with van der Waals surface area (Å²) in [6.07, 6.45) is 1.38. The van der Waals surface area contributed by atoms with Crippen molar-refractivity contribution in [2.75, 3.05) is 24.5 Å². The number of nitrogens with one attached hydrogen (secondary N) is 1. The first-order valence-corrected chi connectivity index (χ1v) is 7.61. The molecule has 1 aliphatic carbocycles. The largest absolute Gasteiger partial charge is 0.372 e. The van der Waals surface area contributed by atoms with Crippen LogP contribution in [-0.4, -0.2) is 19.6 Å². The third kappa shape index (κ3) is 3.73. The molecule has 1 atom stereocenters. The van der Waals surface area contributed by atoms with E-state index in [-0.39, 0.29) is 0 Å². The van der Waals surface area contributed by atoms with E-state index in [4.69, 9.17) is 0 Å². The molecule has 2 heteroatoms. The molecule has 0 bridgehead atoms. The second-order valence-corrected chi connectivity index (χ2v) is 6.36. The van der Waals surface area contributed by atoms with Crippen molar-refractivity contribution in [3.8, 4) is 0 Å². The summed E-state index contributed by atoms with van der Waals surface area (Å²) in [5.41, 5.74) is 3.30. The van der Waals surface area contributed by atoms with Crippen molar-refractivity contribution in [3.05, 3.63) is 29.8 Å². The first-order chi connectivity index (χ1) is 9.06. The van der Waals surface area contributed by atoms with Gasteiger partial charge >= 0.3 is 0 Å². The van der Waals surface area contributed by atoms with Crippen LogP contribution in [0.3, 0.4) is 0 Å². The maximum Gasteiger partial charge on any atom is 0.0366 e. The molecule has 0 radical (unpaired) electrons. The second kappa shape index (κ2) is 5.96. The van der Waals surface area contributed by atoms with Gasteiger partial charge in [0, 0.05) is 25.3 Å². The lowest BCUT2D eigenvalue weighted by Crippen LogP contribution is -2.22. The predicted molar refractivity (Wildman–Crippen MR) is 83.6 cm³/mol. The van der Waals surface area contributed by atoms with E-state index < -0.39 is 0 Å². The first kappa shape index (κ1) is 14.4. The standard InChI is InChI=1S/C17H28N2/c1-5-19(6-2)16-9-7-14(8-10-16)12-18-13-15-11-17(15,3)4/h7-10,15,18H,5-6,11-13H2,1-4H3. The molecule has 19 heavy (non-hydrogen) atoms. The van der Waals surface area contributed by atoms with Crippen molar-refractivity contribution in [3.63, 3.8) is 0 Å². The summed E-state index contributed by atoms with van der Waals surface area (Å²) in [7, 11) is 0. The van der Waals surface area contributed by atoms with Crippen LogP contribution in [0.2, 0.25) is 0 Å². The highest BCUT2D eigenvalue weighted by Gasteiger charge is 2.44. The van der Waals surface area contributed by atoms with Crippen LogP contribution in [0.5, 0.6) is 0 Å². The Hall–Kier alpha value is -1.02. The van der Waals surface area contributed by atoms with E-state index in [1.807, 2.05) is 0 Å². The van der Waals surface area contributed by atoms with Gasteiger partial charge in [-0.25, -0.2) is 0 Å². The zero-order valence-corrected chi connectivity index (χ0v) is 12.9. The summed E-state index contributed by atoms with van der Waals surface area (Å²) in [5, 5.41) is 3.58. The van der Waals surface area contributed by atoms with E-state index in [2.05, 4.69) is 62.2 Å². The zero-order chi connectivity index (χ0) is 13.9. The van der Waals surface area contributed by atoms with Gasteiger partial charge in [-0.05, 0) is 55.8 Å². The Kier molecular flexibility index (Phi) is 4.51. The number of benzene rings is 1. The quantitative estimate of drug-likeness (QED) is 0.804. The van der Waals surface area contributed by atoms with Gasteiger partial charge in [0.15, 0.2) is 0 Å². The van der Waals surface area contributed by atoms with Crippen molar-refractivity contribution in [2.24, 2.45) is 11.3 Å². The van der Waals surface area contributed by atoms with Crippen LogP contribution in [0.25, 0.3) is 0 Å². The van der Waals surface area contributed by atoms with E-state index in [9.17, 15) is 0 Å². The molecule has 0 aromatic heterocycles. The van der Waals surface area contributed by atoms with Crippen molar-refractivity contribution in [2.45, 2.75) is 40.7 Å². The summed E-state index contributed by atoms with van der Waals surface area (Å²) in [6, 6.07) is 8.98. The fraction of sp³-hybridized carbons (Fsp3) is 0.647. The number of hydrogen-bond donors (Lipinski definition) is 1. The van der Waals surface area contributed by atoms with Crippen molar-refractivity contribution >= 4 is 5.69 Å². The average Bonchev–Trinajstić information content (AvgIpc) is 3.00. The van der Waals surface area contributed by atoms with E-state index >= 15 is 0 Å².